The van der Waals surface area contributed by atoms with Crippen molar-refractivity contribution < 1.29 is 32.3 Å². The molecule has 0 saturated carbocycles. The van der Waals surface area contributed by atoms with Gasteiger partial charge < -0.3 is 15.0 Å². The van der Waals surface area contributed by atoms with Crippen molar-refractivity contribution >= 4 is 29.2 Å². The maximum absolute atomic E-state index is 13.1. The van der Waals surface area contributed by atoms with Crippen molar-refractivity contribution in [3.05, 3.63) is 59.7 Å². The third-order valence-electron chi connectivity index (χ3n) is 4.41. The van der Waals surface area contributed by atoms with Gasteiger partial charge >= 0.3 is 12.1 Å². The van der Waals surface area contributed by atoms with Gasteiger partial charge in [0.2, 0.25) is 5.91 Å². The molecule has 2 aromatic carbocycles. The lowest BCUT2D eigenvalue weighted by Gasteiger charge is -2.27. The molecule has 0 bridgehead atoms. The SMILES string of the molecule is C[C@@H]1CC(=O)Nc2ccccc2N1C(=O)COC(=O)c1ccccc1C(F)(F)F. The van der Waals surface area contributed by atoms with Gasteiger partial charge in [-0.1, -0.05) is 24.3 Å². The summed E-state index contributed by atoms with van der Waals surface area (Å²) in [5.74, 6) is -2.19. The summed E-state index contributed by atoms with van der Waals surface area (Å²) >= 11 is 0. The van der Waals surface area contributed by atoms with Gasteiger partial charge in [0.25, 0.3) is 5.91 Å². The number of nitrogens with one attached hydrogen (secondary N) is 1. The van der Waals surface area contributed by atoms with Gasteiger partial charge in [-0.3, -0.25) is 9.59 Å². The van der Waals surface area contributed by atoms with E-state index in [-0.39, 0.29) is 12.3 Å². The minimum absolute atomic E-state index is 0.0191. The standard InChI is InChI=1S/C20H17F3N2O4/c1-12-10-17(26)24-15-8-4-5-9-16(15)25(12)18(27)11-29-19(28)13-6-2-3-7-14(13)20(21,22)23/h2-9,12H,10-11H2,1H3,(H,24,26)/t12-/m1/s1. The first-order chi connectivity index (χ1) is 13.7. The molecule has 9 heteroatoms. The molecule has 0 saturated heterocycles. The number of anilines is 2. The first kappa shape index (κ1) is 20.4. The first-order valence-corrected chi connectivity index (χ1v) is 8.72. The van der Waals surface area contributed by atoms with E-state index in [4.69, 9.17) is 4.74 Å². The van der Waals surface area contributed by atoms with E-state index in [1.54, 1.807) is 31.2 Å². The number of benzene rings is 2. The fourth-order valence-electron chi connectivity index (χ4n) is 3.15. The van der Waals surface area contributed by atoms with Crippen LogP contribution in [0.1, 0.15) is 29.3 Å². The van der Waals surface area contributed by atoms with Crippen molar-refractivity contribution in [3.63, 3.8) is 0 Å². The maximum atomic E-state index is 13.1. The fraction of sp³-hybridized carbons (Fsp3) is 0.250. The van der Waals surface area contributed by atoms with Gasteiger partial charge in [-0.25, -0.2) is 4.79 Å². The topological polar surface area (TPSA) is 75.7 Å². The number of para-hydroxylation sites is 2. The lowest BCUT2D eigenvalue weighted by atomic mass is 10.1. The Bertz CT molecular complexity index is 959. The molecule has 2 amide bonds. The van der Waals surface area contributed by atoms with Crippen molar-refractivity contribution in [2.45, 2.75) is 25.6 Å². The number of hydrogen-bond acceptors (Lipinski definition) is 4. The summed E-state index contributed by atoms with van der Waals surface area (Å²) in [6, 6.07) is 10.3. The van der Waals surface area contributed by atoms with Crippen molar-refractivity contribution in [1.29, 1.82) is 0 Å². The van der Waals surface area contributed by atoms with Gasteiger partial charge in [-0.15, -0.1) is 0 Å². The molecular formula is C20H17F3N2O4. The van der Waals surface area contributed by atoms with E-state index >= 15 is 0 Å². The summed E-state index contributed by atoms with van der Waals surface area (Å²) in [5.41, 5.74) is -0.971. The van der Waals surface area contributed by atoms with Gasteiger partial charge in [-0.2, -0.15) is 13.2 Å². The number of alkyl halides is 3. The highest BCUT2D eigenvalue weighted by Crippen LogP contribution is 2.33. The Morgan fingerprint density at radius 3 is 2.52 bits per heavy atom. The first-order valence-electron chi connectivity index (χ1n) is 8.72. The Hall–Kier alpha value is -3.36. The quantitative estimate of drug-likeness (QED) is 0.790. The third-order valence-corrected chi connectivity index (χ3v) is 4.41. The van der Waals surface area contributed by atoms with E-state index in [2.05, 4.69) is 5.32 Å². The lowest BCUT2D eigenvalue weighted by molar-refractivity contribution is -0.138. The summed E-state index contributed by atoms with van der Waals surface area (Å²) in [6.45, 7) is 0.887. The van der Waals surface area contributed by atoms with E-state index in [1.807, 2.05) is 0 Å². The van der Waals surface area contributed by atoms with Crippen LogP contribution in [0.4, 0.5) is 24.5 Å². The Morgan fingerprint density at radius 1 is 1.14 bits per heavy atom. The minimum atomic E-state index is -4.73. The Labute approximate surface area is 164 Å². The summed E-state index contributed by atoms with van der Waals surface area (Å²) in [6.07, 6.45) is -4.71. The zero-order chi connectivity index (χ0) is 21.2. The molecular weight excluding hydrogens is 389 g/mol. The summed E-state index contributed by atoms with van der Waals surface area (Å²) in [7, 11) is 0. The zero-order valence-corrected chi connectivity index (χ0v) is 15.3. The van der Waals surface area contributed by atoms with Gasteiger partial charge in [0.05, 0.1) is 22.5 Å². The van der Waals surface area contributed by atoms with Crippen LogP contribution >= 0.6 is 0 Å². The van der Waals surface area contributed by atoms with E-state index in [1.165, 1.54) is 11.0 Å². The van der Waals surface area contributed by atoms with E-state index in [0.29, 0.717) is 11.4 Å². The van der Waals surface area contributed by atoms with Crippen LogP contribution in [-0.4, -0.2) is 30.4 Å². The molecule has 152 valence electrons. The number of hydrogen-bond donors (Lipinski definition) is 1. The second kappa shape index (κ2) is 7.94. The molecule has 0 unspecified atom stereocenters. The number of amides is 2. The number of nitrogens with zero attached hydrogens (tertiary/aromatic N) is 1. The molecule has 1 aliphatic rings. The largest absolute Gasteiger partial charge is 0.452 e. The number of carbonyl (C=O) groups excluding carboxylic acids is 3. The Balaban J connectivity index is 1.79. The number of carbonyl (C=O) groups is 3. The molecule has 1 heterocycles. The van der Waals surface area contributed by atoms with E-state index in [0.717, 1.165) is 18.2 Å². The summed E-state index contributed by atoms with van der Waals surface area (Å²) in [4.78, 5) is 38.2. The minimum Gasteiger partial charge on any atom is -0.452 e. The van der Waals surface area contributed by atoms with Crippen LogP contribution < -0.4 is 10.2 Å². The normalized spacial score (nSPS) is 16.5. The predicted molar refractivity (Wildman–Crippen MR) is 98.4 cm³/mol. The van der Waals surface area contributed by atoms with Crippen molar-refractivity contribution in [3.8, 4) is 0 Å². The van der Waals surface area contributed by atoms with E-state index < -0.39 is 41.8 Å². The second-order valence-corrected chi connectivity index (χ2v) is 6.50. The average Bonchev–Trinajstić information content (AvgIpc) is 2.79. The highest BCUT2D eigenvalue weighted by molar-refractivity contribution is 6.05. The highest BCUT2D eigenvalue weighted by Gasteiger charge is 2.36. The molecule has 0 fully saturated rings. The third kappa shape index (κ3) is 4.39. The van der Waals surface area contributed by atoms with Gasteiger partial charge in [0.15, 0.2) is 6.61 Å². The lowest BCUT2D eigenvalue weighted by Crippen LogP contribution is -2.41. The van der Waals surface area contributed by atoms with Crippen molar-refractivity contribution in [2.24, 2.45) is 0 Å². The van der Waals surface area contributed by atoms with Crippen LogP contribution in [0, 0.1) is 0 Å². The summed E-state index contributed by atoms with van der Waals surface area (Å²) in [5, 5.41) is 2.69. The van der Waals surface area contributed by atoms with Crippen LogP contribution in [0.3, 0.4) is 0 Å². The van der Waals surface area contributed by atoms with E-state index in [9.17, 15) is 27.6 Å². The molecule has 6 nitrogen and oxygen atoms in total. The molecule has 1 atom stereocenters. The number of halogens is 3. The molecule has 1 aliphatic heterocycles. The Kier molecular flexibility index (Phi) is 5.58. The van der Waals surface area contributed by atoms with Crippen molar-refractivity contribution in [2.75, 3.05) is 16.8 Å². The molecule has 2 aromatic rings. The van der Waals surface area contributed by atoms with Crippen LogP contribution in [0.5, 0.6) is 0 Å². The molecule has 29 heavy (non-hydrogen) atoms. The number of esters is 1. The molecule has 0 aliphatic carbocycles. The molecule has 3 rings (SSSR count). The van der Waals surface area contributed by atoms with Gasteiger partial charge in [-0.05, 0) is 31.2 Å². The maximum Gasteiger partial charge on any atom is 0.417 e. The predicted octanol–water partition coefficient (Wildman–Crippen LogP) is 3.63. The van der Waals surface area contributed by atoms with Crippen LogP contribution in [0.15, 0.2) is 48.5 Å². The number of fused-ring (bicyclic) bond motifs is 1. The zero-order valence-electron chi connectivity index (χ0n) is 15.3. The molecule has 0 spiro atoms. The van der Waals surface area contributed by atoms with Gasteiger partial charge in [0, 0.05) is 12.5 Å². The highest BCUT2D eigenvalue weighted by atomic mass is 19.4. The van der Waals surface area contributed by atoms with Gasteiger partial charge in [0.1, 0.15) is 0 Å². The average molecular weight is 406 g/mol. The van der Waals surface area contributed by atoms with Crippen LogP contribution in [0.25, 0.3) is 0 Å². The molecule has 0 aromatic heterocycles. The van der Waals surface area contributed by atoms with Crippen LogP contribution in [-0.2, 0) is 20.5 Å². The second-order valence-electron chi connectivity index (χ2n) is 6.50. The monoisotopic (exact) mass is 406 g/mol. The molecule has 1 N–H and O–H groups in total. The fourth-order valence-corrected chi connectivity index (χ4v) is 3.15. The Morgan fingerprint density at radius 2 is 1.79 bits per heavy atom. The molecule has 0 radical (unpaired) electrons. The smallest absolute Gasteiger partial charge is 0.417 e. The summed E-state index contributed by atoms with van der Waals surface area (Å²) < 4.78 is 44.1. The number of rotatable bonds is 3. The number of ether oxygens (including phenoxy) is 1. The van der Waals surface area contributed by atoms with Crippen LogP contribution in [0.2, 0.25) is 0 Å². The van der Waals surface area contributed by atoms with Crippen molar-refractivity contribution in [1.82, 2.24) is 0 Å².